The average molecular weight is 421 g/mol. The Bertz CT molecular complexity index is 769. The van der Waals surface area contributed by atoms with Crippen molar-refractivity contribution in [3.63, 3.8) is 0 Å². The molecule has 0 radical (unpaired) electrons. The summed E-state index contributed by atoms with van der Waals surface area (Å²) < 4.78 is 32.5. The lowest BCUT2D eigenvalue weighted by molar-refractivity contribution is -0.138. The van der Waals surface area contributed by atoms with Crippen molar-refractivity contribution < 1.29 is 23.1 Å². The normalized spacial score (nSPS) is 21.2. The van der Waals surface area contributed by atoms with Gasteiger partial charge in [0.25, 0.3) is 0 Å². The van der Waals surface area contributed by atoms with Crippen LogP contribution in [0.2, 0.25) is 0 Å². The van der Waals surface area contributed by atoms with Crippen molar-refractivity contribution in [3.05, 3.63) is 29.8 Å². The number of piperidine rings is 2. The highest BCUT2D eigenvalue weighted by molar-refractivity contribution is 5.80. The first kappa shape index (κ1) is 20.9. The summed E-state index contributed by atoms with van der Waals surface area (Å²) in [6.45, 7) is 4.09. The number of ether oxygens (including phenoxy) is 1. The van der Waals surface area contributed by atoms with Crippen LogP contribution in [0.25, 0.3) is 0 Å². The highest BCUT2D eigenvalue weighted by Crippen LogP contribution is 2.26. The zero-order valence-electron chi connectivity index (χ0n) is 17.2. The fraction of sp³-hybridized carbons (Fsp3) is 0.636. The molecular weight excluding hydrogens is 392 g/mol. The number of hydrogen-bond donors (Lipinski definition) is 0. The highest BCUT2D eigenvalue weighted by Gasteiger charge is 2.34. The molecule has 164 valence electrons. The first-order chi connectivity index (χ1) is 14.5. The number of rotatable bonds is 3. The summed E-state index contributed by atoms with van der Waals surface area (Å²) in [5, 5.41) is 0. The maximum Gasteiger partial charge on any atom is 0.319 e. The Labute approximate surface area is 175 Å². The fourth-order valence-corrected chi connectivity index (χ4v) is 4.63. The Morgan fingerprint density at radius 3 is 2.07 bits per heavy atom. The van der Waals surface area contributed by atoms with E-state index in [0.717, 1.165) is 32.0 Å². The van der Waals surface area contributed by atoms with Gasteiger partial charge in [0.05, 0.1) is 0 Å². The van der Waals surface area contributed by atoms with E-state index in [2.05, 4.69) is 0 Å². The Morgan fingerprint density at radius 2 is 1.43 bits per heavy atom. The summed E-state index contributed by atoms with van der Waals surface area (Å²) in [7, 11) is 0. The number of benzene rings is 1. The van der Waals surface area contributed by atoms with Gasteiger partial charge >= 0.3 is 6.03 Å². The van der Waals surface area contributed by atoms with Crippen molar-refractivity contribution in [2.75, 3.05) is 39.3 Å². The molecule has 0 saturated carbocycles. The number of hydrogen-bond acceptors (Lipinski definition) is 3. The summed E-state index contributed by atoms with van der Waals surface area (Å²) in [6.07, 6.45) is 4.62. The lowest BCUT2D eigenvalue weighted by Gasteiger charge is -2.38. The minimum atomic E-state index is -0.705. The van der Waals surface area contributed by atoms with Gasteiger partial charge in [-0.1, -0.05) is 0 Å². The molecule has 3 aliphatic rings. The molecule has 4 rings (SSSR count). The van der Waals surface area contributed by atoms with Gasteiger partial charge in [0, 0.05) is 64.1 Å². The van der Waals surface area contributed by atoms with Crippen LogP contribution in [0.5, 0.6) is 5.75 Å². The molecule has 0 spiro atoms. The van der Waals surface area contributed by atoms with E-state index in [1.165, 1.54) is 12.1 Å². The van der Waals surface area contributed by atoms with Crippen molar-refractivity contribution in [2.45, 2.75) is 44.6 Å². The minimum absolute atomic E-state index is 0.0420. The molecule has 0 N–H and O–H groups in total. The Morgan fingerprint density at radius 1 is 0.833 bits per heavy atom. The maximum atomic E-state index is 13.8. The fourth-order valence-electron chi connectivity index (χ4n) is 4.63. The lowest BCUT2D eigenvalue weighted by atomic mass is 9.94. The average Bonchev–Trinajstić information content (AvgIpc) is 3.30. The van der Waals surface area contributed by atoms with Crippen LogP contribution in [-0.2, 0) is 4.79 Å². The second kappa shape index (κ2) is 9.18. The number of amides is 3. The molecule has 1 aromatic carbocycles. The molecule has 6 nitrogen and oxygen atoms in total. The number of carbonyl (C=O) groups is 2. The van der Waals surface area contributed by atoms with Gasteiger partial charge in [-0.25, -0.2) is 13.6 Å². The van der Waals surface area contributed by atoms with Crippen molar-refractivity contribution >= 4 is 11.9 Å². The van der Waals surface area contributed by atoms with Crippen molar-refractivity contribution in [1.82, 2.24) is 14.7 Å². The van der Waals surface area contributed by atoms with Crippen LogP contribution in [0.15, 0.2) is 18.2 Å². The molecule has 3 heterocycles. The molecule has 0 aromatic heterocycles. The second-order valence-electron chi connectivity index (χ2n) is 8.46. The topological polar surface area (TPSA) is 53.1 Å². The predicted octanol–water partition coefficient (Wildman–Crippen LogP) is 3.26. The quantitative estimate of drug-likeness (QED) is 0.753. The Balaban J connectivity index is 1.22. The first-order valence-corrected chi connectivity index (χ1v) is 11.0. The standard InChI is InChI=1S/C22H29F2N3O3/c23-17-3-4-20(19(24)15-17)30-18-7-13-25(14-8-18)21(28)16-5-11-27(12-6-16)22(29)26-9-1-2-10-26/h3-4,15-16,18H,1-2,5-14H2. The molecule has 1 aromatic rings. The molecule has 0 aliphatic carbocycles. The van der Waals surface area contributed by atoms with Crippen LogP contribution >= 0.6 is 0 Å². The number of carbonyl (C=O) groups excluding carboxylic acids is 2. The smallest absolute Gasteiger partial charge is 0.319 e. The number of urea groups is 1. The molecule has 30 heavy (non-hydrogen) atoms. The van der Waals surface area contributed by atoms with E-state index in [-0.39, 0.29) is 29.7 Å². The van der Waals surface area contributed by atoms with E-state index >= 15 is 0 Å². The first-order valence-electron chi connectivity index (χ1n) is 11.0. The van der Waals surface area contributed by atoms with Crippen LogP contribution < -0.4 is 4.74 Å². The highest BCUT2D eigenvalue weighted by atomic mass is 19.1. The zero-order chi connectivity index (χ0) is 21.1. The molecule has 0 unspecified atom stereocenters. The molecule has 3 amide bonds. The van der Waals surface area contributed by atoms with E-state index < -0.39 is 11.6 Å². The van der Waals surface area contributed by atoms with Crippen LogP contribution in [0.4, 0.5) is 13.6 Å². The van der Waals surface area contributed by atoms with Gasteiger partial charge in [-0.05, 0) is 37.8 Å². The van der Waals surface area contributed by atoms with Gasteiger partial charge in [-0.3, -0.25) is 4.79 Å². The van der Waals surface area contributed by atoms with E-state index in [1.807, 2.05) is 14.7 Å². The van der Waals surface area contributed by atoms with Gasteiger partial charge in [0.15, 0.2) is 11.6 Å². The van der Waals surface area contributed by atoms with Crippen molar-refractivity contribution in [2.24, 2.45) is 5.92 Å². The molecular formula is C22H29F2N3O3. The van der Waals surface area contributed by atoms with E-state index in [9.17, 15) is 18.4 Å². The van der Waals surface area contributed by atoms with E-state index in [1.54, 1.807) is 0 Å². The predicted molar refractivity (Wildman–Crippen MR) is 107 cm³/mol. The third kappa shape index (κ3) is 4.68. The minimum Gasteiger partial charge on any atom is -0.487 e. The summed E-state index contributed by atoms with van der Waals surface area (Å²) in [6, 6.07) is 3.41. The third-order valence-corrected chi connectivity index (χ3v) is 6.43. The number of halogens is 2. The zero-order valence-corrected chi connectivity index (χ0v) is 17.2. The summed E-state index contributed by atoms with van der Waals surface area (Å²) in [4.78, 5) is 31.1. The van der Waals surface area contributed by atoms with Crippen LogP contribution in [0.3, 0.4) is 0 Å². The van der Waals surface area contributed by atoms with Crippen molar-refractivity contribution in [1.29, 1.82) is 0 Å². The molecule has 3 saturated heterocycles. The van der Waals surface area contributed by atoms with Gasteiger partial charge in [-0.15, -0.1) is 0 Å². The van der Waals surface area contributed by atoms with Gasteiger partial charge in [-0.2, -0.15) is 0 Å². The van der Waals surface area contributed by atoms with E-state index in [4.69, 9.17) is 4.74 Å². The second-order valence-corrected chi connectivity index (χ2v) is 8.46. The molecule has 0 atom stereocenters. The maximum absolute atomic E-state index is 13.8. The molecule has 3 aliphatic heterocycles. The monoisotopic (exact) mass is 421 g/mol. The summed E-state index contributed by atoms with van der Waals surface area (Å²) in [5.41, 5.74) is 0. The molecule has 0 bridgehead atoms. The van der Waals surface area contributed by atoms with E-state index in [0.29, 0.717) is 51.9 Å². The van der Waals surface area contributed by atoms with Crippen LogP contribution in [0, 0.1) is 17.6 Å². The summed E-state index contributed by atoms with van der Waals surface area (Å²) >= 11 is 0. The summed E-state index contributed by atoms with van der Waals surface area (Å²) in [5.74, 6) is -1.18. The van der Waals surface area contributed by atoms with Gasteiger partial charge < -0.3 is 19.4 Å². The number of nitrogens with zero attached hydrogens (tertiary/aromatic N) is 3. The third-order valence-electron chi connectivity index (χ3n) is 6.43. The largest absolute Gasteiger partial charge is 0.487 e. The Kier molecular flexibility index (Phi) is 6.39. The van der Waals surface area contributed by atoms with Crippen LogP contribution in [0.1, 0.15) is 38.5 Å². The Hall–Kier alpha value is -2.38. The van der Waals surface area contributed by atoms with Gasteiger partial charge in [0.2, 0.25) is 5.91 Å². The SMILES string of the molecule is O=C(C1CCN(C(=O)N2CCCC2)CC1)N1CCC(Oc2ccc(F)cc2F)CC1. The van der Waals surface area contributed by atoms with Crippen LogP contribution in [-0.4, -0.2) is 72.0 Å². The number of likely N-dealkylation sites (tertiary alicyclic amines) is 3. The lowest BCUT2D eigenvalue weighted by Crippen LogP contribution is -2.49. The van der Waals surface area contributed by atoms with Crippen molar-refractivity contribution in [3.8, 4) is 5.75 Å². The van der Waals surface area contributed by atoms with Gasteiger partial charge in [0.1, 0.15) is 11.9 Å². The molecule has 3 fully saturated rings. The molecule has 8 heteroatoms.